The summed E-state index contributed by atoms with van der Waals surface area (Å²) in [5.41, 5.74) is 6.15. The molecule has 2 amide bonds. The van der Waals surface area contributed by atoms with Crippen LogP contribution in [0.1, 0.15) is 20.0 Å². The van der Waals surface area contributed by atoms with E-state index in [0.717, 1.165) is 17.2 Å². The molecule has 0 aliphatic rings. The average Bonchev–Trinajstić information content (AvgIpc) is 3.16. The molecule has 2 aromatic carbocycles. The van der Waals surface area contributed by atoms with E-state index in [9.17, 15) is 19.7 Å². The van der Waals surface area contributed by atoms with Crippen molar-refractivity contribution in [2.75, 3.05) is 0 Å². The van der Waals surface area contributed by atoms with Crippen molar-refractivity contribution in [1.29, 1.82) is 0 Å². The number of thiophene rings is 1. The molecule has 0 radical (unpaired) electrons. The Labute approximate surface area is 152 Å². The predicted molar refractivity (Wildman–Crippen MR) is 97.8 cm³/mol. The lowest BCUT2D eigenvalue weighted by Gasteiger charge is -2.08. The number of nitro benzene ring substituents is 1. The predicted octanol–water partition coefficient (Wildman–Crippen LogP) is 3.40. The summed E-state index contributed by atoms with van der Waals surface area (Å²) in [6, 6.07) is 16.5. The highest BCUT2D eigenvalue weighted by atomic mass is 32.1. The van der Waals surface area contributed by atoms with Crippen molar-refractivity contribution in [2.24, 2.45) is 0 Å². The summed E-state index contributed by atoms with van der Waals surface area (Å²) in [4.78, 5) is 35.1. The molecule has 7 nitrogen and oxygen atoms in total. The summed E-state index contributed by atoms with van der Waals surface area (Å²) >= 11 is 1.25. The molecule has 0 fully saturated rings. The third kappa shape index (κ3) is 3.76. The molecule has 2 N–H and O–H groups in total. The number of carbonyl (C=O) groups is 2. The van der Waals surface area contributed by atoms with E-state index in [2.05, 4.69) is 10.9 Å². The van der Waals surface area contributed by atoms with Gasteiger partial charge in [-0.3, -0.25) is 30.6 Å². The van der Waals surface area contributed by atoms with Gasteiger partial charge < -0.3 is 0 Å². The van der Waals surface area contributed by atoms with Gasteiger partial charge in [-0.1, -0.05) is 36.4 Å². The van der Waals surface area contributed by atoms with Crippen LogP contribution < -0.4 is 10.9 Å². The Kier molecular flexibility index (Phi) is 5.04. The number of amides is 2. The van der Waals surface area contributed by atoms with E-state index < -0.39 is 16.7 Å². The number of hydrogen-bond donors (Lipinski definition) is 2. The van der Waals surface area contributed by atoms with Crippen LogP contribution in [-0.2, 0) is 0 Å². The Bertz CT molecular complexity index is 969. The number of benzene rings is 2. The molecule has 0 spiro atoms. The molecular formula is C18H13N3O4S. The van der Waals surface area contributed by atoms with Crippen LogP contribution in [-0.4, -0.2) is 16.7 Å². The number of non-ortho nitro benzene ring substituents is 1. The Morgan fingerprint density at radius 1 is 0.923 bits per heavy atom. The fourth-order valence-electron chi connectivity index (χ4n) is 2.33. The molecule has 0 saturated heterocycles. The van der Waals surface area contributed by atoms with E-state index in [1.54, 1.807) is 5.38 Å². The molecule has 0 bridgehead atoms. The Morgan fingerprint density at radius 3 is 2.38 bits per heavy atom. The van der Waals surface area contributed by atoms with Gasteiger partial charge in [0.15, 0.2) is 0 Å². The molecule has 0 unspecified atom stereocenters. The quantitative estimate of drug-likeness (QED) is 0.545. The molecule has 3 rings (SSSR count). The van der Waals surface area contributed by atoms with Crippen molar-refractivity contribution in [3.05, 3.63) is 86.6 Å². The maximum Gasteiger partial charge on any atom is 0.280 e. The average molecular weight is 367 g/mol. The number of nitrogens with one attached hydrogen (secondary N) is 2. The zero-order valence-electron chi connectivity index (χ0n) is 13.3. The summed E-state index contributed by atoms with van der Waals surface area (Å²) in [5.74, 6) is -1.10. The van der Waals surface area contributed by atoms with Gasteiger partial charge in [0.25, 0.3) is 17.5 Å². The van der Waals surface area contributed by atoms with E-state index in [0.29, 0.717) is 4.88 Å². The molecule has 0 aliphatic carbocycles. The SMILES string of the molecule is O=C(NNC(=O)c1sccc1-c1ccccc1)c1cccc([N+](=O)[O-])c1. The highest BCUT2D eigenvalue weighted by Gasteiger charge is 2.16. The highest BCUT2D eigenvalue weighted by Crippen LogP contribution is 2.27. The summed E-state index contributed by atoms with van der Waals surface area (Å²) in [5, 5.41) is 12.6. The minimum atomic E-state index is -0.639. The lowest BCUT2D eigenvalue weighted by molar-refractivity contribution is -0.384. The first-order valence-electron chi connectivity index (χ1n) is 7.54. The Hall–Kier alpha value is -3.52. The maximum absolute atomic E-state index is 12.4. The Balaban J connectivity index is 1.70. The van der Waals surface area contributed by atoms with Gasteiger partial charge in [0, 0.05) is 23.3 Å². The van der Waals surface area contributed by atoms with Gasteiger partial charge in [-0.25, -0.2) is 0 Å². The summed E-state index contributed by atoms with van der Waals surface area (Å²) < 4.78 is 0. The molecular weight excluding hydrogens is 354 g/mol. The monoisotopic (exact) mass is 367 g/mol. The van der Waals surface area contributed by atoms with Crippen LogP contribution in [0.4, 0.5) is 5.69 Å². The number of nitro groups is 1. The van der Waals surface area contributed by atoms with Crippen molar-refractivity contribution in [2.45, 2.75) is 0 Å². The second-order valence-electron chi connectivity index (χ2n) is 5.25. The first-order chi connectivity index (χ1) is 12.6. The molecule has 0 atom stereocenters. The van der Waals surface area contributed by atoms with Crippen molar-refractivity contribution in [1.82, 2.24) is 10.9 Å². The van der Waals surface area contributed by atoms with Gasteiger partial charge in [-0.05, 0) is 23.1 Å². The first kappa shape index (κ1) is 17.3. The van der Waals surface area contributed by atoms with Gasteiger partial charge in [0.1, 0.15) is 4.88 Å². The summed E-state index contributed by atoms with van der Waals surface area (Å²) in [6.45, 7) is 0. The van der Waals surface area contributed by atoms with E-state index in [1.807, 2.05) is 36.4 Å². The van der Waals surface area contributed by atoms with Crippen molar-refractivity contribution >= 4 is 28.8 Å². The normalized spacial score (nSPS) is 10.2. The van der Waals surface area contributed by atoms with E-state index in [1.165, 1.54) is 29.5 Å². The number of nitrogens with zero attached hydrogens (tertiary/aromatic N) is 1. The van der Waals surface area contributed by atoms with E-state index in [4.69, 9.17) is 0 Å². The minimum absolute atomic E-state index is 0.0777. The van der Waals surface area contributed by atoms with Crippen molar-refractivity contribution in [3.63, 3.8) is 0 Å². The van der Waals surface area contributed by atoms with Crippen LogP contribution in [0.5, 0.6) is 0 Å². The summed E-state index contributed by atoms with van der Waals surface area (Å²) in [7, 11) is 0. The topological polar surface area (TPSA) is 101 Å². The first-order valence-corrected chi connectivity index (χ1v) is 8.42. The van der Waals surface area contributed by atoms with Gasteiger partial charge >= 0.3 is 0 Å². The van der Waals surface area contributed by atoms with Crippen LogP contribution in [0.25, 0.3) is 11.1 Å². The number of carbonyl (C=O) groups excluding carboxylic acids is 2. The lowest BCUT2D eigenvalue weighted by Crippen LogP contribution is -2.41. The minimum Gasteiger partial charge on any atom is -0.267 e. The second kappa shape index (κ2) is 7.58. The molecule has 8 heteroatoms. The molecule has 0 aliphatic heterocycles. The van der Waals surface area contributed by atoms with Crippen molar-refractivity contribution < 1.29 is 14.5 Å². The van der Waals surface area contributed by atoms with Crippen molar-refractivity contribution in [3.8, 4) is 11.1 Å². The van der Waals surface area contributed by atoms with Crippen LogP contribution in [0.2, 0.25) is 0 Å². The standard InChI is InChI=1S/C18H13N3O4S/c22-17(13-7-4-8-14(11-13)21(24)25)19-20-18(23)16-15(9-10-26-16)12-5-2-1-3-6-12/h1-11H,(H,19,22)(H,20,23). The van der Waals surface area contributed by atoms with Gasteiger partial charge in [-0.2, -0.15) is 0 Å². The maximum atomic E-state index is 12.4. The third-order valence-electron chi connectivity index (χ3n) is 3.56. The fraction of sp³-hybridized carbons (Fsp3) is 0. The van der Waals surface area contributed by atoms with Crippen LogP contribution >= 0.6 is 11.3 Å². The zero-order chi connectivity index (χ0) is 18.5. The molecule has 1 heterocycles. The number of rotatable bonds is 4. The smallest absolute Gasteiger partial charge is 0.267 e. The number of hydrazine groups is 1. The van der Waals surface area contributed by atoms with Gasteiger partial charge in [-0.15, -0.1) is 11.3 Å². The molecule has 26 heavy (non-hydrogen) atoms. The zero-order valence-corrected chi connectivity index (χ0v) is 14.2. The third-order valence-corrected chi connectivity index (χ3v) is 4.48. The molecule has 130 valence electrons. The largest absolute Gasteiger partial charge is 0.280 e. The van der Waals surface area contributed by atoms with Crippen LogP contribution in [0, 0.1) is 10.1 Å². The van der Waals surface area contributed by atoms with E-state index >= 15 is 0 Å². The lowest BCUT2D eigenvalue weighted by atomic mass is 10.1. The van der Waals surface area contributed by atoms with Gasteiger partial charge in [0.2, 0.25) is 0 Å². The van der Waals surface area contributed by atoms with Crippen LogP contribution in [0.15, 0.2) is 66.0 Å². The summed E-state index contributed by atoms with van der Waals surface area (Å²) in [6.07, 6.45) is 0. The second-order valence-corrected chi connectivity index (χ2v) is 6.16. The highest BCUT2D eigenvalue weighted by molar-refractivity contribution is 7.12. The molecule has 3 aromatic rings. The molecule has 0 saturated carbocycles. The van der Waals surface area contributed by atoms with E-state index in [-0.39, 0.29) is 11.3 Å². The Morgan fingerprint density at radius 2 is 1.65 bits per heavy atom. The fourth-order valence-corrected chi connectivity index (χ4v) is 3.14. The molecule has 1 aromatic heterocycles. The van der Waals surface area contributed by atoms with Crippen LogP contribution in [0.3, 0.4) is 0 Å². The van der Waals surface area contributed by atoms with Gasteiger partial charge in [0.05, 0.1) is 4.92 Å². The number of hydrogen-bond acceptors (Lipinski definition) is 5.